The summed E-state index contributed by atoms with van der Waals surface area (Å²) in [4.78, 5) is 26.9. The molecule has 1 fully saturated rings. The number of fused-ring (bicyclic) bond motifs is 1. The summed E-state index contributed by atoms with van der Waals surface area (Å²) in [5.41, 5.74) is 3.79. The van der Waals surface area contributed by atoms with E-state index in [1.165, 1.54) is 5.69 Å². The lowest BCUT2D eigenvalue weighted by Gasteiger charge is -2.36. The minimum atomic E-state index is -0.0592. The van der Waals surface area contributed by atoms with Gasteiger partial charge in [0.2, 0.25) is 5.95 Å². The van der Waals surface area contributed by atoms with Crippen molar-refractivity contribution in [1.29, 1.82) is 0 Å². The Morgan fingerprint density at radius 3 is 2.52 bits per heavy atom. The van der Waals surface area contributed by atoms with Gasteiger partial charge in [-0.05, 0) is 44.2 Å². The molecule has 0 unspecified atom stereocenters. The fourth-order valence-corrected chi connectivity index (χ4v) is 3.49. The number of aromatic nitrogens is 2. The molecule has 152 valence electrons. The van der Waals surface area contributed by atoms with Crippen molar-refractivity contribution < 1.29 is 4.79 Å². The van der Waals surface area contributed by atoms with Crippen LogP contribution in [0.15, 0.2) is 48.5 Å². The van der Waals surface area contributed by atoms with Crippen molar-refractivity contribution in [3.05, 3.63) is 48.5 Å². The highest BCUT2D eigenvalue weighted by atomic mass is 16.2. The van der Waals surface area contributed by atoms with Crippen LogP contribution in [0, 0.1) is 0 Å². The SMILES string of the molecule is CC(C)N(C)c1nc2ccc(NC(=O)N3CCN(c4ccccc4)CC3)cc2[nH]1. The van der Waals surface area contributed by atoms with Gasteiger partial charge in [0.05, 0.1) is 11.0 Å². The monoisotopic (exact) mass is 392 g/mol. The quantitative estimate of drug-likeness (QED) is 0.709. The maximum Gasteiger partial charge on any atom is 0.321 e. The number of imidazole rings is 1. The lowest BCUT2D eigenvalue weighted by atomic mass is 10.2. The van der Waals surface area contributed by atoms with Gasteiger partial charge in [0.15, 0.2) is 0 Å². The topological polar surface area (TPSA) is 67.5 Å². The predicted molar refractivity (Wildman–Crippen MR) is 119 cm³/mol. The average Bonchev–Trinajstić information content (AvgIpc) is 3.17. The maximum atomic E-state index is 12.7. The standard InChI is InChI=1S/C22H28N6O/c1-16(2)26(3)21-24-19-10-9-17(15-20(19)25-21)23-22(29)28-13-11-27(12-14-28)18-7-5-4-6-8-18/h4-10,15-16H,11-14H2,1-3H3,(H,23,29)(H,24,25). The van der Waals surface area contributed by atoms with E-state index in [4.69, 9.17) is 0 Å². The van der Waals surface area contributed by atoms with Crippen molar-refractivity contribution in [2.45, 2.75) is 19.9 Å². The first-order valence-electron chi connectivity index (χ1n) is 10.1. The van der Waals surface area contributed by atoms with Crippen molar-refractivity contribution in [1.82, 2.24) is 14.9 Å². The molecule has 1 saturated heterocycles. The number of H-pyrrole nitrogens is 1. The Morgan fingerprint density at radius 2 is 1.83 bits per heavy atom. The summed E-state index contributed by atoms with van der Waals surface area (Å²) in [6.07, 6.45) is 0. The molecular weight excluding hydrogens is 364 g/mol. The molecule has 0 atom stereocenters. The van der Waals surface area contributed by atoms with Crippen LogP contribution in [0.1, 0.15) is 13.8 Å². The molecule has 1 aliphatic heterocycles. The molecule has 0 aliphatic carbocycles. The molecule has 0 saturated carbocycles. The Morgan fingerprint density at radius 1 is 1.10 bits per heavy atom. The Bertz CT molecular complexity index is 975. The number of carbonyl (C=O) groups is 1. The Balaban J connectivity index is 1.39. The molecule has 0 radical (unpaired) electrons. The second kappa shape index (κ2) is 8.03. The van der Waals surface area contributed by atoms with E-state index in [1.807, 2.05) is 48.3 Å². The third-order valence-electron chi connectivity index (χ3n) is 5.52. The van der Waals surface area contributed by atoms with E-state index in [0.717, 1.165) is 35.8 Å². The zero-order valence-electron chi connectivity index (χ0n) is 17.2. The summed E-state index contributed by atoms with van der Waals surface area (Å²) >= 11 is 0. The molecule has 29 heavy (non-hydrogen) atoms. The second-order valence-corrected chi connectivity index (χ2v) is 7.74. The van der Waals surface area contributed by atoms with Crippen molar-refractivity contribution in [3.63, 3.8) is 0 Å². The molecular formula is C22H28N6O. The van der Waals surface area contributed by atoms with Crippen LogP contribution in [0.3, 0.4) is 0 Å². The van der Waals surface area contributed by atoms with E-state index < -0.39 is 0 Å². The fourth-order valence-electron chi connectivity index (χ4n) is 3.49. The van der Waals surface area contributed by atoms with Crippen LogP contribution in [0.2, 0.25) is 0 Å². The van der Waals surface area contributed by atoms with Gasteiger partial charge in [0, 0.05) is 50.6 Å². The first-order chi connectivity index (χ1) is 14.0. The number of nitrogens with one attached hydrogen (secondary N) is 2. The third kappa shape index (κ3) is 4.13. The third-order valence-corrected chi connectivity index (χ3v) is 5.52. The molecule has 2 amide bonds. The molecule has 1 aromatic heterocycles. The molecule has 4 rings (SSSR count). The Labute approximate surface area is 171 Å². The minimum Gasteiger partial charge on any atom is -0.368 e. The summed E-state index contributed by atoms with van der Waals surface area (Å²) in [7, 11) is 2.01. The number of hydrogen-bond acceptors (Lipinski definition) is 4. The number of amides is 2. The summed E-state index contributed by atoms with van der Waals surface area (Å²) in [5, 5.41) is 3.03. The van der Waals surface area contributed by atoms with E-state index >= 15 is 0 Å². The van der Waals surface area contributed by atoms with E-state index in [1.54, 1.807) is 0 Å². The Kier molecular flexibility index (Phi) is 5.29. The van der Waals surface area contributed by atoms with Crippen LogP contribution in [-0.4, -0.2) is 60.2 Å². The van der Waals surface area contributed by atoms with E-state index in [2.05, 4.69) is 51.1 Å². The van der Waals surface area contributed by atoms with Gasteiger partial charge in [0.1, 0.15) is 0 Å². The number of carbonyl (C=O) groups excluding carboxylic acids is 1. The molecule has 7 heteroatoms. The lowest BCUT2D eigenvalue weighted by molar-refractivity contribution is 0.208. The van der Waals surface area contributed by atoms with Gasteiger partial charge in [-0.15, -0.1) is 0 Å². The van der Waals surface area contributed by atoms with Crippen LogP contribution in [0.25, 0.3) is 11.0 Å². The zero-order chi connectivity index (χ0) is 20.4. The van der Waals surface area contributed by atoms with Gasteiger partial charge in [-0.2, -0.15) is 0 Å². The fraction of sp³-hybridized carbons (Fsp3) is 0.364. The largest absolute Gasteiger partial charge is 0.368 e. The van der Waals surface area contributed by atoms with Crippen molar-refractivity contribution in [3.8, 4) is 0 Å². The summed E-state index contributed by atoms with van der Waals surface area (Å²) in [5.74, 6) is 0.829. The first-order valence-corrected chi connectivity index (χ1v) is 10.1. The van der Waals surface area contributed by atoms with Crippen LogP contribution < -0.4 is 15.1 Å². The predicted octanol–water partition coefficient (Wildman–Crippen LogP) is 3.76. The molecule has 0 bridgehead atoms. The molecule has 2 aromatic carbocycles. The highest BCUT2D eigenvalue weighted by Gasteiger charge is 2.21. The number of piperazine rings is 1. The minimum absolute atomic E-state index is 0.0592. The Hall–Kier alpha value is -3.22. The van der Waals surface area contributed by atoms with Crippen LogP contribution in [0.5, 0.6) is 0 Å². The van der Waals surface area contributed by atoms with E-state index in [-0.39, 0.29) is 6.03 Å². The summed E-state index contributed by atoms with van der Waals surface area (Å²) in [6, 6.07) is 16.4. The van der Waals surface area contributed by atoms with Crippen molar-refractivity contribution in [2.75, 3.05) is 48.3 Å². The first kappa shape index (κ1) is 19.1. The highest BCUT2D eigenvalue weighted by molar-refractivity contribution is 5.92. The molecule has 0 spiro atoms. The van der Waals surface area contributed by atoms with Crippen molar-refractivity contribution in [2.24, 2.45) is 0 Å². The van der Waals surface area contributed by atoms with Gasteiger partial charge in [-0.3, -0.25) is 0 Å². The number of rotatable bonds is 4. The van der Waals surface area contributed by atoms with Gasteiger partial charge in [-0.25, -0.2) is 9.78 Å². The highest BCUT2D eigenvalue weighted by Crippen LogP contribution is 2.22. The lowest BCUT2D eigenvalue weighted by Crippen LogP contribution is -2.50. The molecule has 1 aliphatic rings. The van der Waals surface area contributed by atoms with E-state index in [0.29, 0.717) is 19.1 Å². The van der Waals surface area contributed by atoms with E-state index in [9.17, 15) is 4.79 Å². The number of nitrogens with zero attached hydrogens (tertiary/aromatic N) is 4. The van der Waals surface area contributed by atoms with Crippen LogP contribution in [-0.2, 0) is 0 Å². The zero-order valence-corrected chi connectivity index (χ0v) is 17.2. The molecule has 7 nitrogen and oxygen atoms in total. The van der Waals surface area contributed by atoms with Gasteiger partial charge in [0.25, 0.3) is 0 Å². The van der Waals surface area contributed by atoms with Crippen molar-refractivity contribution >= 4 is 34.4 Å². The average molecular weight is 393 g/mol. The molecule has 2 heterocycles. The number of para-hydroxylation sites is 1. The maximum absolute atomic E-state index is 12.7. The smallest absolute Gasteiger partial charge is 0.321 e. The van der Waals surface area contributed by atoms with Crippen LogP contribution >= 0.6 is 0 Å². The molecule has 3 aromatic rings. The number of aromatic amines is 1. The van der Waals surface area contributed by atoms with Gasteiger partial charge >= 0.3 is 6.03 Å². The normalized spacial score (nSPS) is 14.5. The summed E-state index contributed by atoms with van der Waals surface area (Å²) < 4.78 is 0. The summed E-state index contributed by atoms with van der Waals surface area (Å²) in [6.45, 7) is 7.32. The number of benzene rings is 2. The van der Waals surface area contributed by atoms with Gasteiger partial charge in [-0.1, -0.05) is 18.2 Å². The number of urea groups is 1. The molecule has 2 N–H and O–H groups in total. The number of hydrogen-bond donors (Lipinski definition) is 2. The van der Waals surface area contributed by atoms with Gasteiger partial charge < -0.3 is 25.0 Å². The number of anilines is 3. The second-order valence-electron chi connectivity index (χ2n) is 7.74. The van der Waals surface area contributed by atoms with Crippen LogP contribution in [0.4, 0.5) is 22.1 Å².